The topological polar surface area (TPSA) is 129 Å². The maximum absolute atomic E-state index is 12.8. The van der Waals surface area contributed by atoms with Crippen LogP contribution in [0.25, 0.3) is 0 Å². The summed E-state index contributed by atoms with van der Waals surface area (Å²) in [4.78, 5) is 51.9. The quantitative estimate of drug-likeness (QED) is 0.353. The van der Waals surface area contributed by atoms with Crippen molar-refractivity contribution in [2.45, 2.75) is 63.8 Å². The molecule has 0 saturated carbocycles. The summed E-state index contributed by atoms with van der Waals surface area (Å²) >= 11 is 0. The van der Waals surface area contributed by atoms with Crippen molar-refractivity contribution < 1.29 is 32.9 Å². The number of hydrogen-bond donors (Lipinski definition) is 3. The lowest BCUT2D eigenvalue weighted by molar-refractivity contribution is -0.132. The molecule has 4 atom stereocenters. The van der Waals surface area contributed by atoms with Crippen molar-refractivity contribution in [1.82, 2.24) is 20.9 Å². The van der Waals surface area contributed by atoms with Gasteiger partial charge in [0.2, 0.25) is 17.7 Å². The Balaban J connectivity index is 0.00000133. The molecule has 2 heterocycles. The largest absolute Gasteiger partial charge is 0.497 e. The fraction of sp³-hybridized carbons (Fsp3) is 0.484. The number of aryl methyl sites for hydroxylation is 1. The van der Waals surface area contributed by atoms with Gasteiger partial charge in [-0.25, -0.2) is 0 Å². The molecule has 0 aliphatic carbocycles. The van der Waals surface area contributed by atoms with Gasteiger partial charge in [0.15, 0.2) is 5.78 Å². The van der Waals surface area contributed by atoms with Crippen LogP contribution in [0.1, 0.15) is 42.1 Å². The zero-order valence-electron chi connectivity index (χ0n) is 24.6. The van der Waals surface area contributed by atoms with E-state index in [1.807, 2.05) is 66.5 Å². The van der Waals surface area contributed by atoms with Crippen LogP contribution >= 0.6 is 0 Å². The van der Waals surface area contributed by atoms with Gasteiger partial charge in [-0.2, -0.15) is 0 Å². The number of carbonyl (C=O) groups is 4. The summed E-state index contributed by atoms with van der Waals surface area (Å²) in [5, 5.41) is 7.95. The number of benzene rings is 2. The summed E-state index contributed by atoms with van der Waals surface area (Å²) in [6.07, 6.45) is 2.04. The average Bonchev–Trinajstić information content (AvgIpc) is 3.57. The molecule has 10 heteroatoms. The number of amides is 3. The number of likely N-dealkylation sites (tertiary alicyclic amines) is 1. The van der Waals surface area contributed by atoms with Crippen molar-refractivity contribution in [1.29, 1.82) is 0 Å². The predicted molar refractivity (Wildman–Crippen MR) is 162 cm³/mol. The van der Waals surface area contributed by atoms with E-state index in [1.54, 1.807) is 21.0 Å². The van der Waals surface area contributed by atoms with Gasteiger partial charge >= 0.3 is 0 Å². The molecule has 2 fully saturated rings. The smallest absolute Gasteiger partial charge is 0.242 e. The Bertz CT molecular complexity index is 1200. The lowest BCUT2D eigenvalue weighted by Gasteiger charge is -2.22. The van der Waals surface area contributed by atoms with Gasteiger partial charge in [0, 0.05) is 4.28 Å². The van der Waals surface area contributed by atoms with Crippen molar-refractivity contribution in [2.24, 2.45) is 0 Å². The molecule has 3 N–H and O–H groups in total. The second-order valence-corrected chi connectivity index (χ2v) is 10.8. The molecule has 2 aliphatic rings. The van der Waals surface area contributed by atoms with E-state index in [0.29, 0.717) is 13.0 Å². The predicted octanol–water partition coefficient (Wildman–Crippen LogP) is 2.53. The molecule has 2 saturated heterocycles. The lowest BCUT2D eigenvalue weighted by Crippen LogP contribution is -2.53. The highest BCUT2D eigenvalue weighted by molar-refractivity contribution is 5.97. The number of methoxy groups -OCH3 is 1. The van der Waals surface area contributed by atoms with Crippen LogP contribution in [0.4, 0.5) is 0 Å². The lowest BCUT2D eigenvalue weighted by atomic mass is 9.95. The van der Waals surface area contributed by atoms with Crippen LogP contribution in [-0.4, -0.2) is 86.0 Å². The zero-order chi connectivity index (χ0) is 30.0. The van der Waals surface area contributed by atoms with Gasteiger partial charge in [0.25, 0.3) is 0 Å². The van der Waals surface area contributed by atoms with E-state index in [4.69, 9.17) is 9.47 Å². The summed E-state index contributed by atoms with van der Waals surface area (Å²) in [7, 11) is 3.55. The number of likely N-dealkylation sites (N-methyl/N-ethyl adjacent to an activating group) is 1. The molecule has 2 aromatic rings. The minimum atomic E-state index is -0.873. The van der Waals surface area contributed by atoms with Gasteiger partial charge < -0.3 is 25.4 Å². The molecule has 3 amide bonds. The number of hydrogen-bond acceptors (Lipinski definition) is 7. The minimum Gasteiger partial charge on any atom is -0.497 e. The third kappa shape index (κ3) is 9.68. The molecule has 2 aromatic carbocycles. The molecule has 0 spiro atoms. The molecule has 0 radical (unpaired) electrons. The van der Waals surface area contributed by atoms with E-state index in [9.17, 15) is 19.2 Å². The second-order valence-electron chi connectivity index (χ2n) is 10.8. The number of carbonyl (C=O) groups excluding carboxylic acids is 4. The first kappa shape index (κ1) is 31.8. The third-order valence-corrected chi connectivity index (χ3v) is 7.29. The number of rotatable bonds is 11. The molecule has 0 bridgehead atoms. The third-order valence-electron chi connectivity index (χ3n) is 7.29. The van der Waals surface area contributed by atoms with Crippen LogP contribution in [0, 0.1) is 6.92 Å². The highest BCUT2D eigenvalue weighted by Gasteiger charge is 2.50. The van der Waals surface area contributed by atoms with Crippen LogP contribution in [0.5, 0.6) is 5.75 Å². The van der Waals surface area contributed by atoms with Gasteiger partial charge in [-0.05, 0) is 71.3 Å². The minimum absolute atomic E-state index is 0. The van der Waals surface area contributed by atoms with E-state index in [-0.39, 0.29) is 28.6 Å². The maximum atomic E-state index is 12.8. The average molecular weight is 573 g/mol. The van der Waals surface area contributed by atoms with Crippen LogP contribution < -0.4 is 20.7 Å². The van der Waals surface area contributed by atoms with E-state index in [1.165, 1.54) is 5.56 Å². The fourth-order valence-corrected chi connectivity index (χ4v) is 4.53. The number of ketones is 1. The van der Waals surface area contributed by atoms with Crippen molar-refractivity contribution in [3.8, 4) is 5.75 Å². The molecular weight excluding hydrogens is 524 g/mol. The number of nitrogens with zero attached hydrogens (tertiary/aromatic N) is 1. The van der Waals surface area contributed by atoms with Crippen molar-refractivity contribution >= 4 is 23.5 Å². The van der Waals surface area contributed by atoms with Gasteiger partial charge in [0.05, 0.1) is 32.3 Å². The SMILES string of the molecule is COc1ccc(C)cc1.C[C@H](NC(=O)[C@@H]1CCCN1C)C(=O)NCC(=O)N[C@@H](Cc1ccccc1)C(=O)[C@@]1(C)CO1.[HH].[HH].[HH]. The first-order valence-electron chi connectivity index (χ1n) is 13.9. The van der Waals surface area contributed by atoms with Gasteiger partial charge in [-0.3, -0.25) is 24.1 Å². The van der Waals surface area contributed by atoms with Crippen molar-refractivity contribution in [3.63, 3.8) is 0 Å². The van der Waals surface area contributed by atoms with Gasteiger partial charge in [-0.1, -0.05) is 48.0 Å². The monoisotopic (exact) mass is 572 g/mol. The number of Topliss-reactive ketones (excluding diaryl/α,β-unsaturated/α-hetero) is 1. The first-order valence-corrected chi connectivity index (χ1v) is 13.9. The van der Waals surface area contributed by atoms with E-state index in [2.05, 4.69) is 22.9 Å². The van der Waals surface area contributed by atoms with Crippen molar-refractivity contribution in [3.05, 3.63) is 65.7 Å². The molecule has 10 nitrogen and oxygen atoms in total. The number of ether oxygens (including phenoxy) is 2. The summed E-state index contributed by atoms with van der Waals surface area (Å²) in [5.41, 5.74) is 1.30. The van der Waals surface area contributed by atoms with Crippen LogP contribution in [0.15, 0.2) is 54.6 Å². The van der Waals surface area contributed by atoms with Gasteiger partial charge in [0.1, 0.15) is 17.4 Å². The van der Waals surface area contributed by atoms with Crippen molar-refractivity contribution in [2.75, 3.05) is 33.9 Å². The summed E-state index contributed by atoms with van der Waals surface area (Å²) in [5.74, 6) is -0.408. The Labute approximate surface area is 246 Å². The van der Waals surface area contributed by atoms with E-state index < -0.39 is 29.5 Å². The Morgan fingerprint density at radius 2 is 1.76 bits per heavy atom. The normalized spacial score (nSPS) is 21.0. The Morgan fingerprint density at radius 3 is 2.32 bits per heavy atom. The Kier molecular flexibility index (Phi) is 11.4. The molecule has 0 unspecified atom stereocenters. The van der Waals surface area contributed by atoms with E-state index in [0.717, 1.165) is 30.7 Å². The Morgan fingerprint density at radius 1 is 1.10 bits per heavy atom. The van der Waals surface area contributed by atoms with Crippen LogP contribution in [0.2, 0.25) is 0 Å². The molecule has 0 aromatic heterocycles. The second kappa shape index (κ2) is 14.7. The maximum Gasteiger partial charge on any atom is 0.242 e. The summed E-state index contributed by atoms with van der Waals surface area (Å²) < 4.78 is 10.2. The number of epoxide rings is 1. The standard InChI is InChI=1S/C23H32N4O5.C8H10O.3H2/c1-15(25-22(31)18-10-7-11-27(18)3)21(30)24-13-19(28)26-17(20(29)23(2)14-32-23)12-16-8-5-4-6-9-16;1-7-3-5-8(9-2)6-4-7;;;/h4-6,8-9,15,17-18H,7,10-14H2,1-3H3,(H,24,30)(H,25,31)(H,26,28);3-6H,1-2H3;3*1H/t15-,17-,18-,23+;;;;/m0..../s1. The first-order chi connectivity index (χ1) is 19.5. The summed E-state index contributed by atoms with van der Waals surface area (Å²) in [6.45, 7) is 6.22. The van der Waals surface area contributed by atoms with E-state index >= 15 is 0 Å². The zero-order valence-corrected chi connectivity index (χ0v) is 24.6. The van der Waals surface area contributed by atoms with Gasteiger partial charge in [-0.15, -0.1) is 0 Å². The van der Waals surface area contributed by atoms with Crippen LogP contribution in [0.3, 0.4) is 0 Å². The molecule has 41 heavy (non-hydrogen) atoms. The highest BCUT2D eigenvalue weighted by Crippen LogP contribution is 2.29. The fourth-order valence-electron chi connectivity index (χ4n) is 4.53. The highest BCUT2D eigenvalue weighted by atomic mass is 16.6. The molecule has 228 valence electrons. The number of nitrogens with one attached hydrogen (secondary N) is 3. The summed E-state index contributed by atoms with van der Waals surface area (Å²) in [6, 6.07) is 15.6. The molecule has 4 rings (SSSR count). The van der Waals surface area contributed by atoms with Crippen LogP contribution in [-0.2, 0) is 30.3 Å². The Hall–Kier alpha value is -3.76. The molecule has 2 aliphatic heterocycles. The molecular formula is C31H48N4O6.